The molecule has 0 aliphatic carbocycles. The van der Waals surface area contributed by atoms with E-state index in [2.05, 4.69) is 16.9 Å². The topological polar surface area (TPSA) is 66.7 Å². The molecule has 5 rings (SSSR count). The van der Waals surface area contributed by atoms with E-state index >= 15 is 0 Å². The van der Waals surface area contributed by atoms with Gasteiger partial charge >= 0.3 is 0 Å². The van der Waals surface area contributed by atoms with Crippen LogP contribution in [-0.4, -0.2) is 25.4 Å². The van der Waals surface area contributed by atoms with Gasteiger partial charge in [-0.15, -0.1) is 0 Å². The fraction of sp³-hybridized carbons (Fsp3) is 0.211. The smallest absolute Gasteiger partial charge is 0.241 e. The van der Waals surface area contributed by atoms with Crippen molar-refractivity contribution in [1.29, 1.82) is 5.41 Å². The summed E-state index contributed by atoms with van der Waals surface area (Å²) >= 11 is 5.49. The molecule has 4 heterocycles. The summed E-state index contributed by atoms with van der Waals surface area (Å²) < 4.78 is 7.77. The van der Waals surface area contributed by atoms with Gasteiger partial charge in [0, 0.05) is 23.4 Å². The third-order valence-corrected chi connectivity index (χ3v) is 5.49. The van der Waals surface area contributed by atoms with Crippen molar-refractivity contribution in [3.8, 4) is 17.3 Å². The van der Waals surface area contributed by atoms with Crippen LogP contribution in [0.4, 0.5) is 0 Å². The Balaban J connectivity index is 1.64. The molecule has 2 unspecified atom stereocenters. The van der Waals surface area contributed by atoms with E-state index in [4.69, 9.17) is 22.4 Å². The fourth-order valence-corrected chi connectivity index (χ4v) is 4.20. The lowest BCUT2D eigenvalue weighted by Crippen LogP contribution is -2.43. The number of aromatic amines is 1. The Kier molecular flexibility index (Phi) is 3.00. The molecule has 0 bridgehead atoms. The number of benzene rings is 1. The summed E-state index contributed by atoms with van der Waals surface area (Å²) in [7, 11) is 0. The molecule has 124 valence electrons. The lowest BCUT2D eigenvalue weighted by Gasteiger charge is -2.36. The fourth-order valence-electron chi connectivity index (χ4n) is 3.85. The van der Waals surface area contributed by atoms with Crippen LogP contribution in [0.2, 0.25) is 0 Å². The number of rotatable bonds is 1. The van der Waals surface area contributed by atoms with E-state index in [1.165, 1.54) is 5.56 Å². The maximum atomic E-state index is 8.61. The van der Waals surface area contributed by atoms with E-state index in [9.17, 15) is 0 Å². The molecule has 2 aromatic heterocycles. The van der Waals surface area contributed by atoms with Crippen molar-refractivity contribution in [3.63, 3.8) is 0 Å². The number of nitrogens with zero attached hydrogens (tertiary/aromatic N) is 2. The van der Waals surface area contributed by atoms with Crippen molar-refractivity contribution in [2.75, 3.05) is 0 Å². The van der Waals surface area contributed by atoms with Gasteiger partial charge in [-0.1, -0.05) is 30.3 Å². The molecule has 2 aliphatic rings. The van der Waals surface area contributed by atoms with Crippen molar-refractivity contribution in [2.24, 2.45) is 5.92 Å². The van der Waals surface area contributed by atoms with Crippen molar-refractivity contribution < 1.29 is 4.74 Å². The van der Waals surface area contributed by atoms with Crippen LogP contribution in [0.5, 0.6) is 5.88 Å². The molecule has 0 spiro atoms. The SMILES string of the molecule is Cc1ccn2c1CC1c3[nH]c(-c4ccccc4)nc3OC(=S)C1C2=N. The number of aryl methyl sites for hydroxylation is 1. The van der Waals surface area contributed by atoms with E-state index < -0.39 is 0 Å². The highest BCUT2D eigenvalue weighted by Crippen LogP contribution is 2.43. The summed E-state index contributed by atoms with van der Waals surface area (Å²) in [5, 5.41) is 9.05. The first-order valence-electron chi connectivity index (χ1n) is 8.26. The summed E-state index contributed by atoms with van der Waals surface area (Å²) in [6, 6.07) is 12.0. The largest absolute Gasteiger partial charge is 0.429 e. The van der Waals surface area contributed by atoms with Crippen molar-refractivity contribution >= 4 is 23.1 Å². The Morgan fingerprint density at radius 2 is 2.08 bits per heavy atom. The number of ether oxygens (including phenoxy) is 1. The van der Waals surface area contributed by atoms with E-state index in [1.54, 1.807) is 0 Å². The standard InChI is InChI=1S/C19H16N4OS/c1-10-7-8-23-13(10)9-12-14(16(23)20)19(25)24-18-15(12)21-17(22-18)11-5-3-2-4-6-11/h2-8,12,14,20H,9H2,1H3,(H,21,22). The Morgan fingerprint density at radius 3 is 2.88 bits per heavy atom. The summed E-state index contributed by atoms with van der Waals surface area (Å²) in [6.07, 6.45) is 2.77. The predicted octanol–water partition coefficient (Wildman–Crippen LogP) is 3.69. The van der Waals surface area contributed by atoms with E-state index in [-0.39, 0.29) is 11.8 Å². The number of hydrogen-bond donors (Lipinski definition) is 2. The third-order valence-electron chi connectivity index (χ3n) is 5.16. The van der Waals surface area contributed by atoms with Gasteiger partial charge in [0.2, 0.25) is 5.88 Å². The lowest BCUT2D eigenvalue weighted by atomic mass is 9.80. The number of H-pyrrole nitrogens is 1. The van der Waals surface area contributed by atoms with Crippen LogP contribution < -0.4 is 4.74 Å². The molecular formula is C19H16N4OS. The Bertz CT molecular complexity index is 1020. The summed E-state index contributed by atoms with van der Waals surface area (Å²) in [4.78, 5) is 8.04. The lowest BCUT2D eigenvalue weighted by molar-refractivity contribution is 0.419. The second-order valence-corrected chi connectivity index (χ2v) is 6.98. The molecule has 0 saturated carbocycles. The Hall–Kier alpha value is -2.73. The first-order valence-corrected chi connectivity index (χ1v) is 8.67. The number of imidazole rings is 1. The number of thiocarbonyl (C=S) groups is 1. The molecule has 3 aromatic rings. The second kappa shape index (κ2) is 5.13. The Labute approximate surface area is 150 Å². The van der Waals surface area contributed by atoms with Gasteiger partial charge in [0.25, 0.3) is 0 Å². The minimum Gasteiger partial charge on any atom is -0.429 e. The zero-order valence-corrected chi connectivity index (χ0v) is 14.4. The molecule has 1 aromatic carbocycles. The highest BCUT2D eigenvalue weighted by atomic mass is 32.1. The first kappa shape index (κ1) is 14.6. The zero-order chi connectivity index (χ0) is 17.1. The molecular weight excluding hydrogens is 332 g/mol. The van der Waals surface area contributed by atoms with Gasteiger partial charge in [-0.2, -0.15) is 4.98 Å². The highest BCUT2D eigenvalue weighted by molar-refractivity contribution is 7.80. The number of fused-ring (bicyclic) bond motifs is 4. The van der Waals surface area contributed by atoms with Crippen LogP contribution in [0.3, 0.4) is 0 Å². The van der Waals surface area contributed by atoms with Gasteiger partial charge in [-0.25, -0.2) is 0 Å². The molecule has 0 saturated heterocycles. The summed E-state index contributed by atoms with van der Waals surface area (Å²) in [5.74, 6) is 1.64. The minimum atomic E-state index is -0.231. The van der Waals surface area contributed by atoms with Gasteiger partial charge < -0.3 is 14.3 Å². The highest BCUT2D eigenvalue weighted by Gasteiger charge is 2.44. The first-order chi connectivity index (χ1) is 12.1. The quantitative estimate of drug-likeness (QED) is 0.659. The van der Waals surface area contributed by atoms with Crippen LogP contribution in [0, 0.1) is 18.3 Å². The zero-order valence-electron chi connectivity index (χ0n) is 13.6. The maximum absolute atomic E-state index is 8.61. The molecule has 0 fully saturated rings. The number of aromatic nitrogens is 3. The average Bonchev–Trinajstić information content (AvgIpc) is 3.20. The molecule has 25 heavy (non-hydrogen) atoms. The number of hydrogen-bond acceptors (Lipinski definition) is 4. The van der Waals surface area contributed by atoms with Crippen LogP contribution in [0.1, 0.15) is 22.9 Å². The van der Waals surface area contributed by atoms with Crippen LogP contribution in [0.25, 0.3) is 11.4 Å². The molecule has 5 nitrogen and oxygen atoms in total. The molecule has 2 aliphatic heterocycles. The van der Waals surface area contributed by atoms with Crippen LogP contribution in [-0.2, 0) is 6.42 Å². The van der Waals surface area contributed by atoms with Crippen molar-refractivity contribution in [1.82, 2.24) is 14.5 Å². The maximum Gasteiger partial charge on any atom is 0.241 e. The van der Waals surface area contributed by atoms with Crippen LogP contribution >= 0.6 is 12.2 Å². The van der Waals surface area contributed by atoms with Crippen molar-refractivity contribution in [2.45, 2.75) is 19.3 Å². The second-order valence-electron chi connectivity index (χ2n) is 6.58. The van der Waals surface area contributed by atoms with Crippen molar-refractivity contribution in [3.05, 3.63) is 59.5 Å². The Morgan fingerprint density at radius 1 is 1.28 bits per heavy atom. The molecule has 2 N–H and O–H groups in total. The van der Waals surface area contributed by atoms with E-state index in [0.29, 0.717) is 16.8 Å². The van der Waals surface area contributed by atoms with Gasteiger partial charge in [-0.05, 0) is 37.2 Å². The molecule has 6 heteroatoms. The van der Waals surface area contributed by atoms with E-state index in [0.717, 1.165) is 29.2 Å². The van der Waals surface area contributed by atoms with E-state index in [1.807, 2.05) is 47.2 Å². The van der Waals surface area contributed by atoms with Gasteiger partial charge in [0.15, 0.2) is 5.05 Å². The normalized spacial score (nSPS) is 21.3. The molecule has 0 radical (unpaired) electrons. The summed E-state index contributed by atoms with van der Waals surface area (Å²) in [5.41, 5.74) is 4.31. The summed E-state index contributed by atoms with van der Waals surface area (Å²) in [6.45, 7) is 2.08. The molecule has 2 atom stereocenters. The van der Waals surface area contributed by atoms with Gasteiger partial charge in [0.05, 0.1) is 11.6 Å². The van der Waals surface area contributed by atoms with Gasteiger partial charge in [-0.3, -0.25) is 5.41 Å². The predicted molar refractivity (Wildman–Crippen MR) is 99.5 cm³/mol. The minimum absolute atomic E-state index is 0.0646. The van der Waals surface area contributed by atoms with Gasteiger partial charge in [0.1, 0.15) is 11.7 Å². The number of nitrogens with one attached hydrogen (secondary N) is 2. The van der Waals surface area contributed by atoms with Crippen LogP contribution in [0.15, 0.2) is 42.6 Å². The third kappa shape index (κ3) is 2.04. The monoisotopic (exact) mass is 348 g/mol. The average molecular weight is 348 g/mol. The molecule has 0 amide bonds.